The van der Waals surface area contributed by atoms with E-state index in [-0.39, 0.29) is 6.61 Å². The van der Waals surface area contributed by atoms with E-state index in [1.807, 2.05) is 4.90 Å². The number of pyridine rings is 1. The summed E-state index contributed by atoms with van der Waals surface area (Å²) in [6.45, 7) is 3.51. The Morgan fingerprint density at radius 1 is 1.33 bits per heavy atom. The Hall–Kier alpha value is -0.710. The molecule has 0 aromatic carbocycles. The molecule has 102 valence electrons. The molecule has 0 spiro atoms. The van der Waals surface area contributed by atoms with Gasteiger partial charge in [-0.2, -0.15) is 0 Å². The SMILES string of the molecule is CCCCN(CCO)c1nc(NC)c(Cl)cc1Cl. The van der Waals surface area contributed by atoms with Gasteiger partial charge in [0.25, 0.3) is 0 Å². The summed E-state index contributed by atoms with van der Waals surface area (Å²) in [5.41, 5.74) is 0. The van der Waals surface area contributed by atoms with Gasteiger partial charge in [0.05, 0.1) is 16.7 Å². The topological polar surface area (TPSA) is 48.4 Å². The lowest BCUT2D eigenvalue weighted by atomic mass is 10.3. The Labute approximate surface area is 118 Å². The third-order valence-electron chi connectivity index (χ3n) is 2.60. The fourth-order valence-corrected chi connectivity index (χ4v) is 2.22. The number of aromatic nitrogens is 1. The molecule has 0 amide bonds. The van der Waals surface area contributed by atoms with E-state index in [9.17, 15) is 0 Å². The number of aliphatic hydroxyl groups is 1. The maximum Gasteiger partial charge on any atom is 0.150 e. The normalized spacial score (nSPS) is 10.5. The Morgan fingerprint density at radius 3 is 2.61 bits per heavy atom. The van der Waals surface area contributed by atoms with Crippen molar-refractivity contribution >= 4 is 34.8 Å². The lowest BCUT2D eigenvalue weighted by Gasteiger charge is -2.24. The monoisotopic (exact) mass is 291 g/mol. The maximum absolute atomic E-state index is 9.12. The number of hydrogen-bond acceptors (Lipinski definition) is 4. The van der Waals surface area contributed by atoms with Gasteiger partial charge < -0.3 is 15.3 Å². The highest BCUT2D eigenvalue weighted by Gasteiger charge is 2.14. The van der Waals surface area contributed by atoms with Gasteiger partial charge in [0.2, 0.25) is 0 Å². The molecule has 6 heteroatoms. The molecular weight excluding hydrogens is 273 g/mol. The van der Waals surface area contributed by atoms with E-state index in [1.165, 1.54) is 0 Å². The summed E-state index contributed by atoms with van der Waals surface area (Å²) >= 11 is 12.2. The summed E-state index contributed by atoms with van der Waals surface area (Å²) in [5, 5.41) is 13.0. The number of anilines is 2. The molecule has 1 aromatic heterocycles. The zero-order chi connectivity index (χ0) is 13.5. The number of aliphatic hydroxyl groups excluding tert-OH is 1. The van der Waals surface area contributed by atoms with Crippen LogP contribution in [0.5, 0.6) is 0 Å². The molecule has 18 heavy (non-hydrogen) atoms. The van der Waals surface area contributed by atoms with Crippen molar-refractivity contribution in [3.8, 4) is 0 Å². The van der Waals surface area contributed by atoms with Gasteiger partial charge in [-0.1, -0.05) is 36.5 Å². The number of halogens is 2. The van der Waals surface area contributed by atoms with E-state index in [2.05, 4.69) is 17.2 Å². The number of nitrogens with zero attached hydrogens (tertiary/aromatic N) is 2. The van der Waals surface area contributed by atoms with Crippen LogP contribution in [0.25, 0.3) is 0 Å². The van der Waals surface area contributed by atoms with Crippen molar-refractivity contribution in [2.24, 2.45) is 0 Å². The lowest BCUT2D eigenvalue weighted by Crippen LogP contribution is -2.29. The number of unbranched alkanes of at least 4 members (excludes halogenated alkanes) is 1. The fraction of sp³-hybridized carbons (Fsp3) is 0.583. The van der Waals surface area contributed by atoms with Crippen molar-refractivity contribution in [3.05, 3.63) is 16.1 Å². The Kier molecular flexibility index (Phi) is 6.54. The van der Waals surface area contributed by atoms with Crippen molar-refractivity contribution in [2.75, 3.05) is 37.0 Å². The average molecular weight is 292 g/mol. The van der Waals surface area contributed by atoms with Crippen molar-refractivity contribution in [2.45, 2.75) is 19.8 Å². The van der Waals surface area contributed by atoms with E-state index >= 15 is 0 Å². The highest BCUT2D eigenvalue weighted by atomic mass is 35.5. The summed E-state index contributed by atoms with van der Waals surface area (Å²) < 4.78 is 0. The Morgan fingerprint density at radius 2 is 2.06 bits per heavy atom. The first kappa shape index (κ1) is 15.3. The van der Waals surface area contributed by atoms with Crippen LogP contribution < -0.4 is 10.2 Å². The van der Waals surface area contributed by atoms with Gasteiger partial charge in [0.15, 0.2) is 0 Å². The lowest BCUT2D eigenvalue weighted by molar-refractivity contribution is 0.301. The van der Waals surface area contributed by atoms with Crippen LogP contribution in [0.1, 0.15) is 19.8 Å². The smallest absolute Gasteiger partial charge is 0.150 e. The number of nitrogens with one attached hydrogen (secondary N) is 1. The fourth-order valence-electron chi connectivity index (χ4n) is 1.65. The van der Waals surface area contributed by atoms with Gasteiger partial charge in [0, 0.05) is 20.1 Å². The first-order chi connectivity index (χ1) is 8.63. The van der Waals surface area contributed by atoms with Gasteiger partial charge in [-0.3, -0.25) is 0 Å². The Balaban J connectivity index is 3.02. The molecule has 0 aliphatic heterocycles. The predicted octanol–water partition coefficient (Wildman–Crippen LogP) is 3.03. The summed E-state index contributed by atoms with van der Waals surface area (Å²) in [5.74, 6) is 1.25. The molecule has 0 aliphatic carbocycles. The summed E-state index contributed by atoms with van der Waals surface area (Å²) in [6.07, 6.45) is 2.10. The minimum atomic E-state index is 0.0687. The minimum Gasteiger partial charge on any atom is -0.395 e. The van der Waals surface area contributed by atoms with Crippen LogP contribution in [0.3, 0.4) is 0 Å². The van der Waals surface area contributed by atoms with Crippen LogP contribution in [0.2, 0.25) is 10.0 Å². The molecule has 0 saturated carbocycles. The molecule has 1 rings (SSSR count). The summed E-state index contributed by atoms with van der Waals surface area (Å²) in [6, 6.07) is 1.67. The van der Waals surface area contributed by atoms with E-state index in [0.29, 0.717) is 28.2 Å². The van der Waals surface area contributed by atoms with Crippen molar-refractivity contribution in [3.63, 3.8) is 0 Å². The van der Waals surface area contributed by atoms with E-state index in [1.54, 1.807) is 13.1 Å². The third kappa shape index (κ3) is 3.90. The molecule has 0 atom stereocenters. The highest BCUT2D eigenvalue weighted by Crippen LogP contribution is 2.31. The van der Waals surface area contributed by atoms with Gasteiger partial charge in [-0.05, 0) is 12.5 Å². The first-order valence-corrected chi connectivity index (χ1v) is 6.79. The van der Waals surface area contributed by atoms with E-state index in [4.69, 9.17) is 28.3 Å². The number of rotatable bonds is 7. The molecule has 0 saturated heterocycles. The van der Waals surface area contributed by atoms with Crippen LogP contribution >= 0.6 is 23.2 Å². The molecule has 0 radical (unpaired) electrons. The van der Waals surface area contributed by atoms with Crippen LogP contribution in [0.4, 0.5) is 11.6 Å². The van der Waals surface area contributed by atoms with Crippen LogP contribution in [0.15, 0.2) is 6.07 Å². The standard InChI is InChI=1S/C12H19Cl2N3O/c1-3-4-5-17(6-7-18)12-10(14)8-9(13)11(15-2)16-12/h8,18H,3-7H2,1-2H3,(H,15,16). The molecule has 0 fully saturated rings. The number of hydrogen-bond donors (Lipinski definition) is 2. The minimum absolute atomic E-state index is 0.0687. The zero-order valence-electron chi connectivity index (χ0n) is 10.7. The molecular formula is C12H19Cl2N3O. The second kappa shape index (κ2) is 7.67. The van der Waals surface area contributed by atoms with Crippen molar-refractivity contribution < 1.29 is 5.11 Å². The second-order valence-electron chi connectivity index (χ2n) is 3.94. The molecule has 0 aliphatic rings. The first-order valence-electron chi connectivity index (χ1n) is 6.03. The van der Waals surface area contributed by atoms with E-state index in [0.717, 1.165) is 19.4 Å². The molecule has 4 nitrogen and oxygen atoms in total. The largest absolute Gasteiger partial charge is 0.395 e. The van der Waals surface area contributed by atoms with Gasteiger partial charge >= 0.3 is 0 Å². The third-order valence-corrected chi connectivity index (χ3v) is 3.17. The van der Waals surface area contributed by atoms with Crippen LogP contribution in [-0.4, -0.2) is 36.8 Å². The maximum atomic E-state index is 9.12. The summed E-state index contributed by atoms with van der Waals surface area (Å²) in [7, 11) is 1.76. The average Bonchev–Trinajstić information content (AvgIpc) is 2.35. The van der Waals surface area contributed by atoms with Crippen molar-refractivity contribution in [1.29, 1.82) is 0 Å². The van der Waals surface area contributed by atoms with Crippen LogP contribution in [-0.2, 0) is 0 Å². The Bertz CT molecular complexity index is 388. The zero-order valence-corrected chi connectivity index (χ0v) is 12.2. The van der Waals surface area contributed by atoms with Crippen LogP contribution in [0, 0.1) is 0 Å². The summed E-state index contributed by atoms with van der Waals surface area (Å²) in [4.78, 5) is 6.38. The quantitative estimate of drug-likeness (QED) is 0.811. The predicted molar refractivity (Wildman–Crippen MR) is 78.0 cm³/mol. The van der Waals surface area contributed by atoms with Gasteiger partial charge in [0.1, 0.15) is 11.6 Å². The highest BCUT2D eigenvalue weighted by molar-refractivity contribution is 6.37. The molecule has 2 N–H and O–H groups in total. The molecule has 0 unspecified atom stereocenters. The van der Waals surface area contributed by atoms with Crippen molar-refractivity contribution in [1.82, 2.24) is 4.98 Å². The molecule has 1 aromatic rings. The van der Waals surface area contributed by atoms with Gasteiger partial charge in [-0.15, -0.1) is 0 Å². The molecule has 1 heterocycles. The van der Waals surface area contributed by atoms with E-state index < -0.39 is 0 Å². The molecule has 0 bridgehead atoms. The van der Waals surface area contributed by atoms with Gasteiger partial charge in [-0.25, -0.2) is 4.98 Å². The second-order valence-corrected chi connectivity index (χ2v) is 4.75.